The van der Waals surface area contributed by atoms with Crippen molar-refractivity contribution in [1.29, 1.82) is 0 Å². The van der Waals surface area contributed by atoms with Crippen molar-refractivity contribution in [3.8, 4) is 17.0 Å². The fraction of sp³-hybridized carbons (Fsp3) is 0.167. The fourth-order valence-corrected chi connectivity index (χ4v) is 1.85. The number of methoxy groups -OCH3 is 1. The average Bonchev–Trinajstić information content (AvgIpc) is 2.38. The van der Waals surface area contributed by atoms with Gasteiger partial charge in [0.2, 0.25) is 0 Å². The maximum atomic E-state index is 5.75. The van der Waals surface area contributed by atoms with Crippen LogP contribution in [0.25, 0.3) is 11.3 Å². The third-order valence-corrected chi connectivity index (χ3v) is 2.82. The predicted octanol–water partition coefficient (Wildman–Crippen LogP) is 2.46. The summed E-state index contributed by atoms with van der Waals surface area (Å²) < 4.78 is 5.18. The molecule has 0 amide bonds. The van der Waals surface area contributed by atoms with Crippen LogP contribution in [0.1, 0.15) is 0 Å². The van der Waals surface area contributed by atoms with Gasteiger partial charge in [0.05, 0.1) is 12.8 Å². The second kappa shape index (κ2) is 5.05. The number of hydrogen-bond acceptors (Lipinski definition) is 5. The number of thioether (sulfide) groups is 1. The highest BCUT2D eigenvalue weighted by atomic mass is 32.2. The van der Waals surface area contributed by atoms with Gasteiger partial charge in [0.1, 0.15) is 11.6 Å². The Morgan fingerprint density at radius 3 is 2.76 bits per heavy atom. The zero-order valence-corrected chi connectivity index (χ0v) is 10.5. The van der Waals surface area contributed by atoms with Crippen molar-refractivity contribution >= 4 is 17.6 Å². The lowest BCUT2D eigenvalue weighted by molar-refractivity contribution is 0.415. The molecule has 0 atom stereocenters. The van der Waals surface area contributed by atoms with Crippen molar-refractivity contribution in [2.24, 2.45) is 0 Å². The molecular weight excluding hydrogens is 234 g/mol. The molecule has 0 spiro atoms. The highest BCUT2D eigenvalue weighted by Gasteiger charge is 2.05. The molecule has 5 heteroatoms. The maximum Gasteiger partial charge on any atom is 0.189 e. The number of rotatable bonds is 3. The smallest absolute Gasteiger partial charge is 0.189 e. The van der Waals surface area contributed by atoms with Crippen LogP contribution in [0.3, 0.4) is 0 Å². The van der Waals surface area contributed by atoms with E-state index in [1.54, 1.807) is 13.2 Å². The summed E-state index contributed by atoms with van der Waals surface area (Å²) in [5.41, 5.74) is 7.52. The molecule has 17 heavy (non-hydrogen) atoms. The summed E-state index contributed by atoms with van der Waals surface area (Å²) in [6, 6.07) is 9.46. The molecule has 0 bridgehead atoms. The highest BCUT2D eigenvalue weighted by molar-refractivity contribution is 7.98. The van der Waals surface area contributed by atoms with Gasteiger partial charge in [0.15, 0.2) is 5.16 Å². The fourth-order valence-electron chi connectivity index (χ4n) is 1.46. The Labute approximate surface area is 104 Å². The maximum absolute atomic E-state index is 5.75. The summed E-state index contributed by atoms with van der Waals surface area (Å²) in [5, 5.41) is 0.669. The van der Waals surface area contributed by atoms with E-state index in [0.717, 1.165) is 17.0 Å². The lowest BCUT2D eigenvalue weighted by atomic mass is 10.1. The first-order chi connectivity index (χ1) is 8.22. The normalized spacial score (nSPS) is 10.2. The topological polar surface area (TPSA) is 61.0 Å². The molecule has 0 saturated carbocycles. The molecule has 2 aromatic rings. The first-order valence-electron chi connectivity index (χ1n) is 5.06. The Balaban J connectivity index is 2.47. The predicted molar refractivity (Wildman–Crippen MR) is 70.2 cm³/mol. The number of benzene rings is 1. The SMILES string of the molecule is COc1cccc(-c2cc(N)nc(SC)n2)c1. The molecule has 4 nitrogen and oxygen atoms in total. The number of nitrogens with zero attached hydrogens (tertiary/aromatic N) is 2. The Bertz CT molecular complexity index is 531. The molecule has 0 aliphatic rings. The Morgan fingerprint density at radius 2 is 2.06 bits per heavy atom. The molecule has 1 aromatic heterocycles. The summed E-state index contributed by atoms with van der Waals surface area (Å²) in [6.07, 6.45) is 1.92. The third-order valence-electron chi connectivity index (χ3n) is 2.27. The van der Waals surface area contributed by atoms with E-state index in [9.17, 15) is 0 Å². The quantitative estimate of drug-likeness (QED) is 0.667. The molecule has 0 unspecified atom stereocenters. The minimum absolute atomic E-state index is 0.474. The number of ether oxygens (including phenoxy) is 1. The van der Waals surface area contributed by atoms with Gasteiger partial charge in [0.25, 0.3) is 0 Å². The van der Waals surface area contributed by atoms with Crippen molar-refractivity contribution in [2.45, 2.75) is 5.16 Å². The Hall–Kier alpha value is -1.75. The average molecular weight is 247 g/mol. The first-order valence-corrected chi connectivity index (χ1v) is 6.28. The summed E-state index contributed by atoms with van der Waals surface area (Å²) in [4.78, 5) is 8.53. The van der Waals surface area contributed by atoms with Crippen LogP contribution in [0.2, 0.25) is 0 Å². The molecule has 1 heterocycles. The molecule has 1 aromatic carbocycles. The number of hydrogen-bond donors (Lipinski definition) is 1. The molecule has 0 fully saturated rings. The van der Waals surface area contributed by atoms with E-state index in [4.69, 9.17) is 10.5 Å². The molecule has 0 saturated heterocycles. The second-order valence-corrected chi connectivity index (χ2v) is 4.17. The van der Waals surface area contributed by atoms with Crippen LogP contribution in [0.5, 0.6) is 5.75 Å². The zero-order valence-electron chi connectivity index (χ0n) is 9.68. The van der Waals surface area contributed by atoms with E-state index >= 15 is 0 Å². The summed E-state index contributed by atoms with van der Waals surface area (Å²) in [7, 11) is 1.64. The third kappa shape index (κ3) is 2.68. The van der Waals surface area contributed by atoms with Crippen molar-refractivity contribution in [1.82, 2.24) is 9.97 Å². The summed E-state index contributed by atoms with van der Waals surface area (Å²) >= 11 is 1.47. The molecule has 2 rings (SSSR count). The van der Waals surface area contributed by atoms with Crippen molar-refractivity contribution in [3.63, 3.8) is 0 Å². The van der Waals surface area contributed by atoms with Crippen LogP contribution in [-0.4, -0.2) is 23.3 Å². The largest absolute Gasteiger partial charge is 0.497 e. The second-order valence-electron chi connectivity index (χ2n) is 3.40. The van der Waals surface area contributed by atoms with Gasteiger partial charge < -0.3 is 10.5 Å². The highest BCUT2D eigenvalue weighted by Crippen LogP contribution is 2.24. The molecule has 2 N–H and O–H groups in total. The van der Waals surface area contributed by atoms with Gasteiger partial charge in [-0.05, 0) is 18.4 Å². The van der Waals surface area contributed by atoms with Gasteiger partial charge >= 0.3 is 0 Å². The van der Waals surface area contributed by atoms with Gasteiger partial charge in [-0.2, -0.15) is 0 Å². The zero-order chi connectivity index (χ0) is 12.3. The van der Waals surface area contributed by atoms with Crippen molar-refractivity contribution in [3.05, 3.63) is 30.3 Å². The van der Waals surface area contributed by atoms with Gasteiger partial charge in [0, 0.05) is 11.6 Å². The van der Waals surface area contributed by atoms with Crippen LogP contribution < -0.4 is 10.5 Å². The monoisotopic (exact) mass is 247 g/mol. The van der Waals surface area contributed by atoms with E-state index in [1.807, 2.05) is 30.5 Å². The van der Waals surface area contributed by atoms with Gasteiger partial charge in [-0.3, -0.25) is 0 Å². The lowest BCUT2D eigenvalue weighted by Crippen LogP contribution is -1.96. The van der Waals surface area contributed by atoms with E-state index in [1.165, 1.54) is 11.8 Å². The molecule has 88 valence electrons. The van der Waals surface area contributed by atoms with Gasteiger partial charge in [-0.25, -0.2) is 9.97 Å². The summed E-state index contributed by atoms with van der Waals surface area (Å²) in [6.45, 7) is 0. The minimum atomic E-state index is 0.474. The molecule has 0 aliphatic carbocycles. The molecule has 0 aliphatic heterocycles. The van der Waals surface area contributed by atoms with Crippen LogP contribution in [0.4, 0.5) is 5.82 Å². The van der Waals surface area contributed by atoms with E-state index < -0.39 is 0 Å². The standard InChI is InChI=1S/C12H13N3OS/c1-16-9-5-3-4-8(6-9)10-7-11(13)15-12(14-10)17-2/h3-7H,1-2H3,(H2,13,14,15). The van der Waals surface area contributed by atoms with Crippen molar-refractivity contribution < 1.29 is 4.74 Å². The molecule has 0 radical (unpaired) electrons. The lowest BCUT2D eigenvalue weighted by Gasteiger charge is -2.06. The number of aromatic nitrogens is 2. The van der Waals surface area contributed by atoms with E-state index in [0.29, 0.717) is 11.0 Å². The van der Waals surface area contributed by atoms with E-state index in [-0.39, 0.29) is 0 Å². The minimum Gasteiger partial charge on any atom is -0.497 e. The van der Waals surface area contributed by atoms with Gasteiger partial charge in [-0.1, -0.05) is 23.9 Å². The number of nitrogens with two attached hydrogens (primary N) is 1. The number of anilines is 1. The molecular formula is C12H13N3OS. The van der Waals surface area contributed by atoms with Gasteiger partial charge in [-0.15, -0.1) is 0 Å². The Morgan fingerprint density at radius 1 is 1.24 bits per heavy atom. The summed E-state index contributed by atoms with van der Waals surface area (Å²) in [5.74, 6) is 1.27. The van der Waals surface area contributed by atoms with Crippen molar-refractivity contribution in [2.75, 3.05) is 19.1 Å². The van der Waals surface area contributed by atoms with Crippen LogP contribution in [-0.2, 0) is 0 Å². The van der Waals surface area contributed by atoms with Crippen LogP contribution in [0.15, 0.2) is 35.5 Å². The van der Waals surface area contributed by atoms with Crippen LogP contribution >= 0.6 is 11.8 Å². The van der Waals surface area contributed by atoms with E-state index in [2.05, 4.69) is 9.97 Å². The number of nitrogen functional groups attached to an aromatic ring is 1. The Kier molecular flexibility index (Phi) is 3.49. The van der Waals surface area contributed by atoms with Crippen LogP contribution in [0, 0.1) is 0 Å². The first kappa shape index (κ1) is 11.7.